The van der Waals surface area contributed by atoms with Crippen LogP contribution in [0.4, 0.5) is 0 Å². The summed E-state index contributed by atoms with van der Waals surface area (Å²) in [5, 5.41) is 7.45. The average molecular weight is 392 g/mol. The first-order chi connectivity index (χ1) is 14.1. The molecule has 3 aliphatic rings. The van der Waals surface area contributed by atoms with E-state index >= 15 is 0 Å². The highest BCUT2D eigenvalue weighted by Crippen LogP contribution is 2.50. The fourth-order valence-electron chi connectivity index (χ4n) is 4.91. The molecule has 0 bridgehead atoms. The van der Waals surface area contributed by atoms with Crippen LogP contribution in [0.1, 0.15) is 48.9 Å². The molecule has 1 atom stereocenters. The van der Waals surface area contributed by atoms with Gasteiger partial charge in [-0.3, -0.25) is 0 Å². The predicted octanol–water partition coefficient (Wildman–Crippen LogP) is 4.36. The molecule has 2 aromatic carbocycles. The number of rotatable bonds is 3. The van der Waals surface area contributed by atoms with E-state index in [4.69, 9.17) is 14.6 Å². The fourth-order valence-corrected chi connectivity index (χ4v) is 4.91. The van der Waals surface area contributed by atoms with Gasteiger partial charge in [-0.1, -0.05) is 24.6 Å². The molecule has 3 aliphatic heterocycles. The molecular formula is C24H29N3O2. The Labute approximate surface area is 172 Å². The monoisotopic (exact) mass is 391 g/mol. The van der Waals surface area contributed by atoms with Crippen LogP contribution in [0.5, 0.6) is 11.5 Å². The number of hydrazone groups is 1. The lowest BCUT2D eigenvalue weighted by molar-refractivity contribution is -0.149. The van der Waals surface area contributed by atoms with Crippen molar-refractivity contribution in [3.63, 3.8) is 0 Å². The molecule has 5 nitrogen and oxygen atoms in total. The highest BCUT2D eigenvalue weighted by atomic mass is 16.5. The SMILES string of the molecule is CCN1CCC2(CC1)Oc1ccc(C)cc1[C@@H]1CC(c3ccc(OC)cc3)=NN12. The molecule has 0 amide bonds. The van der Waals surface area contributed by atoms with Crippen LogP contribution in [0.25, 0.3) is 0 Å². The van der Waals surface area contributed by atoms with Gasteiger partial charge in [0.15, 0.2) is 0 Å². The molecule has 152 valence electrons. The number of fused-ring (bicyclic) bond motifs is 4. The van der Waals surface area contributed by atoms with Gasteiger partial charge < -0.3 is 14.4 Å². The molecule has 1 spiro atoms. The number of aryl methyl sites for hydroxylation is 1. The second-order valence-corrected chi connectivity index (χ2v) is 8.36. The maximum Gasteiger partial charge on any atom is 0.200 e. The van der Waals surface area contributed by atoms with Gasteiger partial charge in [-0.25, -0.2) is 5.01 Å². The summed E-state index contributed by atoms with van der Waals surface area (Å²) in [6, 6.07) is 15.1. The predicted molar refractivity (Wildman–Crippen MR) is 115 cm³/mol. The van der Waals surface area contributed by atoms with Gasteiger partial charge in [-0.15, -0.1) is 0 Å². The quantitative estimate of drug-likeness (QED) is 0.779. The van der Waals surface area contributed by atoms with Crippen LogP contribution in [0.15, 0.2) is 47.6 Å². The second kappa shape index (κ2) is 7.06. The Morgan fingerprint density at radius 3 is 2.59 bits per heavy atom. The molecular weight excluding hydrogens is 362 g/mol. The summed E-state index contributed by atoms with van der Waals surface area (Å²) in [5.41, 5.74) is 4.48. The summed E-state index contributed by atoms with van der Waals surface area (Å²) in [6.45, 7) is 7.57. The molecule has 2 aromatic rings. The maximum absolute atomic E-state index is 6.72. The first kappa shape index (κ1) is 18.5. The minimum Gasteiger partial charge on any atom is -0.497 e. The average Bonchev–Trinajstić information content (AvgIpc) is 3.22. The molecule has 0 saturated carbocycles. The molecule has 29 heavy (non-hydrogen) atoms. The lowest BCUT2D eigenvalue weighted by atomic mass is 9.90. The van der Waals surface area contributed by atoms with Crippen LogP contribution >= 0.6 is 0 Å². The molecule has 0 N–H and O–H groups in total. The zero-order valence-electron chi connectivity index (χ0n) is 17.5. The van der Waals surface area contributed by atoms with Crippen molar-refractivity contribution in [2.75, 3.05) is 26.7 Å². The van der Waals surface area contributed by atoms with Gasteiger partial charge in [-0.05, 0) is 49.4 Å². The third kappa shape index (κ3) is 3.08. The lowest BCUT2D eigenvalue weighted by Gasteiger charge is -2.51. The van der Waals surface area contributed by atoms with E-state index in [9.17, 15) is 0 Å². The number of hydrogen-bond acceptors (Lipinski definition) is 5. The van der Waals surface area contributed by atoms with E-state index < -0.39 is 0 Å². The van der Waals surface area contributed by atoms with E-state index in [0.29, 0.717) is 0 Å². The smallest absolute Gasteiger partial charge is 0.200 e. The lowest BCUT2D eigenvalue weighted by Crippen LogP contribution is -2.59. The van der Waals surface area contributed by atoms with Gasteiger partial charge in [0.05, 0.1) is 18.9 Å². The Balaban J connectivity index is 1.54. The van der Waals surface area contributed by atoms with Crippen LogP contribution in [-0.2, 0) is 0 Å². The standard InChI is InChI=1S/C24H29N3O2/c1-4-26-13-11-24(12-14-26)27-22(20-15-17(2)5-10-23(20)29-24)16-21(25-27)18-6-8-19(28-3)9-7-18/h5-10,15,22H,4,11-14,16H2,1-3H3/t22-/m0/s1. The Morgan fingerprint density at radius 2 is 1.90 bits per heavy atom. The van der Waals surface area contributed by atoms with Gasteiger partial charge in [-0.2, -0.15) is 5.10 Å². The van der Waals surface area contributed by atoms with Gasteiger partial charge in [0.25, 0.3) is 0 Å². The van der Waals surface area contributed by atoms with E-state index in [1.807, 2.05) is 12.1 Å². The summed E-state index contributed by atoms with van der Waals surface area (Å²) in [5.74, 6) is 1.91. The summed E-state index contributed by atoms with van der Waals surface area (Å²) < 4.78 is 12.0. The zero-order valence-corrected chi connectivity index (χ0v) is 17.5. The molecule has 0 unspecified atom stereocenters. The molecule has 1 fully saturated rings. The molecule has 0 aliphatic carbocycles. The number of benzene rings is 2. The number of hydrogen-bond donors (Lipinski definition) is 0. The fraction of sp³-hybridized carbons (Fsp3) is 0.458. The van der Waals surface area contributed by atoms with E-state index in [1.54, 1.807) is 7.11 Å². The van der Waals surface area contributed by atoms with Crippen LogP contribution < -0.4 is 9.47 Å². The second-order valence-electron chi connectivity index (χ2n) is 8.36. The van der Waals surface area contributed by atoms with Crippen LogP contribution in [-0.4, -0.2) is 48.1 Å². The van der Waals surface area contributed by atoms with E-state index in [1.165, 1.54) is 11.1 Å². The van der Waals surface area contributed by atoms with Gasteiger partial charge in [0.2, 0.25) is 5.72 Å². The molecule has 0 radical (unpaired) electrons. The summed E-state index contributed by atoms with van der Waals surface area (Å²) in [7, 11) is 1.70. The van der Waals surface area contributed by atoms with Crippen molar-refractivity contribution >= 4 is 5.71 Å². The Bertz CT molecular complexity index is 930. The van der Waals surface area contributed by atoms with E-state index in [-0.39, 0.29) is 11.8 Å². The Hall–Kier alpha value is -2.53. The van der Waals surface area contributed by atoms with Crippen molar-refractivity contribution in [1.29, 1.82) is 0 Å². The van der Waals surface area contributed by atoms with Gasteiger partial charge >= 0.3 is 0 Å². The Kier molecular flexibility index (Phi) is 4.50. The van der Waals surface area contributed by atoms with Crippen molar-refractivity contribution in [1.82, 2.24) is 9.91 Å². The maximum atomic E-state index is 6.72. The molecule has 0 aromatic heterocycles. The largest absolute Gasteiger partial charge is 0.497 e. The van der Waals surface area contributed by atoms with Crippen molar-refractivity contribution in [3.05, 3.63) is 59.2 Å². The molecule has 1 saturated heterocycles. The minimum atomic E-state index is -0.340. The van der Waals surface area contributed by atoms with Crippen molar-refractivity contribution in [2.24, 2.45) is 5.10 Å². The minimum absolute atomic E-state index is 0.240. The Morgan fingerprint density at radius 1 is 1.14 bits per heavy atom. The van der Waals surface area contributed by atoms with Crippen molar-refractivity contribution in [2.45, 2.75) is 44.9 Å². The van der Waals surface area contributed by atoms with Crippen LogP contribution in [0.3, 0.4) is 0 Å². The first-order valence-electron chi connectivity index (χ1n) is 10.6. The van der Waals surface area contributed by atoms with Crippen molar-refractivity contribution in [3.8, 4) is 11.5 Å². The number of nitrogens with zero attached hydrogens (tertiary/aromatic N) is 3. The van der Waals surface area contributed by atoms with Crippen molar-refractivity contribution < 1.29 is 9.47 Å². The third-order valence-corrected chi connectivity index (χ3v) is 6.66. The van der Waals surface area contributed by atoms with E-state index in [2.05, 4.69) is 54.1 Å². The number of ether oxygens (including phenoxy) is 2. The third-order valence-electron chi connectivity index (χ3n) is 6.66. The normalized spacial score (nSPS) is 22.7. The first-order valence-corrected chi connectivity index (χ1v) is 10.6. The zero-order chi connectivity index (χ0) is 20.0. The number of methoxy groups -OCH3 is 1. The number of likely N-dealkylation sites (tertiary alicyclic amines) is 1. The highest BCUT2D eigenvalue weighted by Gasteiger charge is 2.51. The number of piperidine rings is 1. The van der Waals surface area contributed by atoms with Gasteiger partial charge in [0.1, 0.15) is 11.5 Å². The summed E-state index contributed by atoms with van der Waals surface area (Å²) in [6.07, 6.45) is 2.86. The van der Waals surface area contributed by atoms with Crippen LogP contribution in [0.2, 0.25) is 0 Å². The molecule has 5 heteroatoms. The highest BCUT2D eigenvalue weighted by molar-refractivity contribution is 6.02. The topological polar surface area (TPSA) is 37.3 Å². The summed E-state index contributed by atoms with van der Waals surface area (Å²) in [4.78, 5) is 2.50. The molecule has 3 heterocycles. The summed E-state index contributed by atoms with van der Waals surface area (Å²) >= 11 is 0. The van der Waals surface area contributed by atoms with Crippen LogP contribution in [0, 0.1) is 6.92 Å². The van der Waals surface area contributed by atoms with E-state index in [0.717, 1.165) is 61.7 Å². The van der Waals surface area contributed by atoms with Gasteiger partial charge in [0, 0.05) is 37.9 Å². The molecule has 5 rings (SSSR count).